The fourth-order valence-electron chi connectivity index (χ4n) is 2.41. The van der Waals surface area contributed by atoms with Crippen LogP contribution in [0.5, 0.6) is 17.2 Å². The van der Waals surface area contributed by atoms with Crippen molar-refractivity contribution in [2.45, 2.75) is 33.3 Å². The van der Waals surface area contributed by atoms with Gasteiger partial charge in [-0.2, -0.15) is 0 Å². The maximum atomic E-state index is 12.3. The van der Waals surface area contributed by atoms with Gasteiger partial charge < -0.3 is 14.9 Å². The second-order valence-corrected chi connectivity index (χ2v) is 6.20. The fraction of sp³-hybridized carbons (Fsp3) is 0.227. The summed E-state index contributed by atoms with van der Waals surface area (Å²) >= 11 is 0. The third-order valence-electron chi connectivity index (χ3n) is 3.71. The number of phenols is 2. The molecule has 0 bridgehead atoms. The monoisotopic (exact) mass is 352 g/mol. The molecule has 26 heavy (non-hydrogen) atoms. The molecule has 0 atom stereocenters. The molecule has 0 aromatic heterocycles. The zero-order valence-corrected chi connectivity index (χ0v) is 15.3. The van der Waals surface area contributed by atoms with Crippen LogP contribution in [0.4, 0.5) is 0 Å². The topological polar surface area (TPSA) is 66.8 Å². The number of hydrogen-bond acceptors (Lipinski definition) is 4. The van der Waals surface area contributed by atoms with E-state index in [0.29, 0.717) is 17.7 Å². The van der Waals surface area contributed by atoms with Gasteiger partial charge in [0.1, 0.15) is 17.2 Å². The molecule has 2 rings (SSSR count). The second kappa shape index (κ2) is 8.90. The molecule has 0 unspecified atom stereocenters. The van der Waals surface area contributed by atoms with Crippen LogP contribution in [0.15, 0.2) is 54.6 Å². The van der Waals surface area contributed by atoms with Crippen LogP contribution in [-0.2, 0) is 6.42 Å². The van der Waals surface area contributed by atoms with Crippen LogP contribution in [0.3, 0.4) is 0 Å². The number of hydrogen-bond donors (Lipinski definition) is 2. The minimum atomic E-state index is -0.177. The average molecular weight is 352 g/mol. The number of allylic oxidation sites excluding steroid dienone is 3. The van der Waals surface area contributed by atoms with Crippen molar-refractivity contribution in [2.24, 2.45) is 0 Å². The molecule has 2 N–H and O–H groups in total. The number of carbonyl (C=O) groups is 1. The van der Waals surface area contributed by atoms with Crippen molar-refractivity contribution < 1.29 is 19.7 Å². The van der Waals surface area contributed by atoms with Gasteiger partial charge in [-0.15, -0.1) is 0 Å². The number of phenolic OH excluding ortho intramolecular Hbond substituents is 2. The third kappa shape index (κ3) is 5.24. The molecular formula is C22H24O4. The quantitative estimate of drug-likeness (QED) is 0.422. The molecular weight excluding hydrogens is 328 g/mol. The van der Waals surface area contributed by atoms with Crippen LogP contribution in [0.25, 0.3) is 6.08 Å². The summed E-state index contributed by atoms with van der Waals surface area (Å²) in [6.07, 6.45) is 7.55. The van der Waals surface area contributed by atoms with Gasteiger partial charge >= 0.3 is 0 Å². The summed E-state index contributed by atoms with van der Waals surface area (Å²) in [6, 6.07) is 9.51. The summed E-state index contributed by atoms with van der Waals surface area (Å²) in [6.45, 7) is 5.73. The molecule has 0 fully saturated rings. The van der Waals surface area contributed by atoms with Crippen LogP contribution in [0.1, 0.15) is 42.3 Å². The standard InChI is InChI=1S/C22H24O4/c1-4-5-6-17-13-18(22(14-21(17)25)26-15(2)3)9-12-20(24)16-7-10-19(23)11-8-16/h4-5,7-15,23,25H,6H2,1-3H3/b5-4+,12-9+. The Morgan fingerprint density at radius 1 is 1.15 bits per heavy atom. The largest absolute Gasteiger partial charge is 0.508 e. The lowest BCUT2D eigenvalue weighted by atomic mass is 10.0. The van der Waals surface area contributed by atoms with Gasteiger partial charge in [0.2, 0.25) is 0 Å². The van der Waals surface area contributed by atoms with E-state index in [1.165, 1.54) is 18.2 Å². The lowest BCUT2D eigenvalue weighted by Gasteiger charge is -2.15. The number of benzene rings is 2. The zero-order chi connectivity index (χ0) is 19.1. The highest BCUT2D eigenvalue weighted by atomic mass is 16.5. The van der Waals surface area contributed by atoms with E-state index in [1.54, 1.807) is 24.3 Å². The Labute approximate surface area is 154 Å². The highest BCUT2D eigenvalue weighted by molar-refractivity contribution is 6.07. The molecule has 0 aliphatic heterocycles. The molecule has 2 aromatic carbocycles. The Balaban J connectivity index is 2.34. The number of carbonyl (C=O) groups excluding carboxylic acids is 1. The van der Waals surface area contributed by atoms with Crippen LogP contribution >= 0.6 is 0 Å². The molecule has 0 aliphatic rings. The maximum Gasteiger partial charge on any atom is 0.185 e. The van der Waals surface area contributed by atoms with Gasteiger partial charge in [0.25, 0.3) is 0 Å². The van der Waals surface area contributed by atoms with E-state index in [-0.39, 0.29) is 23.4 Å². The number of ketones is 1. The van der Waals surface area contributed by atoms with E-state index in [4.69, 9.17) is 4.74 Å². The van der Waals surface area contributed by atoms with Crippen molar-refractivity contribution in [3.05, 3.63) is 71.3 Å². The molecule has 0 spiro atoms. The highest BCUT2D eigenvalue weighted by Gasteiger charge is 2.10. The molecule has 0 heterocycles. The first-order chi connectivity index (χ1) is 12.4. The molecule has 0 aliphatic carbocycles. The molecule has 0 saturated heterocycles. The summed E-state index contributed by atoms with van der Waals surface area (Å²) in [4.78, 5) is 12.3. The fourth-order valence-corrected chi connectivity index (χ4v) is 2.41. The summed E-state index contributed by atoms with van der Waals surface area (Å²) in [5.41, 5.74) is 1.97. The summed E-state index contributed by atoms with van der Waals surface area (Å²) in [5.74, 6) is 0.631. The van der Waals surface area contributed by atoms with Crippen molar-refractivity contribution in [2.75, 3.05) is 0 Å². The first-order valence-electron chi connectivity index (χ1n) is 8.56. The molecule has 0 saturated carbocycles. The predicted octanol–water partition coefficient (Wildman–Crippen LogP) is 4.90. The van der Waals surface area contributed by atoms with Gasteiger partial charge in [-0.1, -0.05) is 12.2 Å². The van der Waals surface area contributed by atoms with Gasteiger partial charge in [-0.25, -0.2) is 0 Å². The van der Waals surface area contributed by atoms with E-state index >= 15 is 0 Å². The summed E-state index contributed by atoms with van der Waals surface area (Å²) < 4.78 is 5.77. The Kier molecular flexibility index (Phi) is 6.61. The van der Waals surface area contributed by atoms with Crippen LogP contribution in [-0.4, -0.2) is 22.1 Å². The Morgan fingerprint density at radius 3 is 2.46 bits per heavy atom. The second-order valence-electron chi connectivity index (χ2n) is 6.20. The third-order valence-corrected chi connectivity index (χ3v) is 3.71. The van der Waals surface area contributed by atoms with E-state index in [1.807, 2.05) is 39.0 Å². The van der Waals surface area contributed by atoms with Gasteiger partial charge in [0, 0.05) is 17.2 Å². The Hall–Kier alpha value is -3.01. The first kappa shape index (κ1) is 19.3. The van der Waals surface area contributed by atoms with Crippen LogP contribution in [0, 0.1) is 0 Å². The van der Waals surface area contributed by atoms with E-state index in [9.17, 15) is 15.0 Å². The lowest BCUT2D eigenvalue weighted by Crippen LogP contribution is -2.07. The van der Waals surface area contributed by atoms with Gasteiger partial charge in [-0.3, -0.25) is 4.79 Å². The van der Waals surface area contributed by atoms with Crippen LogP contribution in [0.2, 0.25) is 0 Å². The Bertz CT molecular complexity index is 815. The zero-order valence-electron chi connectivity index (χ0n) is 15.3. The van der Waals surface area contributed by atoms with Gasteiger partial charge in [0.15, 0.2) is 5.78 Å². The molecule has 2 aromatic rings. The first-order valence-corrected chi connectivity index (χ1v) is 8.56. The molecule has 4 nitrogen and oxygen atoms in total. The number of ether oxygens (including phenoxy) is 1. The van der Waals surface area contributed by atoms with Crippen LogP contribution < -0.4 is 4.74 Å². The minimum Gasteiger partial charge on any atom is -0.508 e. The normalized spacial score (nSPS) is 11.5. The van der Waals surface area contributed by atoms with E-state index < -0.39 is 0 Å². The van der Waals surface area contributed by atoms with E-state index in [2.05, 4.69) is 0 Å². The Morgan fingerprint density at radius 2 is 1.85 bits per heavy atom. The molecule has 0 radical (unpaired) electrons. The number of aromatic hydroxyl groups is 2. The minimum absolute atomic E-state index is 0.0595. The number of rotatable bonds is 7. The SMILES string of the molecule is C/C=C/Cc1cc(/C=C/C(=O)c2ccc(O)cc2)c(OC(C)C)cc1O. The van der Waals surface area contributed by atoms with Gasteiger partial charge in [0.05, 0.1) is 6.10 Å². The average Bonchev–Trinajstić information content (AvgIpc) is 2.60. The van der Waals surface area contributed by atoms with Crippen molar-refractivity contribution in [3.8, 4) is 17.2 Å². The predicted molar refractivity (Wildman–Crippen MR) is 104 cm³/mol. The van der Waals surface area contributed by atoms with Crippen molar-refractivity contribution in [1.29, 1.82) is 0 Å². The molecule has 0 amide bonds. The summed E-state index contributed by atoms with van der Waals surface area (Å²) in [7, 11) is 0. The lowest BCUT2D eigenvalue weighted by molar-refractivity contribution is 0.104. The van der Waals surface area contributed by atoms with Crippen molar-refractivity contribution in [1.82, 2.24) is 0 Å². The maximum absolute atomic E-state index is 12.3. The highest BCUT2D eigenvalue weighted by Crippen LogP contribution is 2.31. The van der Waals surface area contributed by atoms with Crippen molar-refractivity contribution >= 4 is 11.9 Å². The molecule has 136 valence electrons. The smallest absolute Gasteiger partial charge is 0.185 e. The van der Waals surface area contributed by atoms with Crippen molar-refractivity contribution in [3.63, 3.8) is 0 Å². The summed E-state index contributed by atoms with van der Waals surface area (Å²) in [5, 5.41) is 19.5. The molecule has 4 heteroatoms. The van der Waals surface area contributed by atoms with E-state index in [0.717, 1.165) is 11.1 Å². The van der Waals surface area contributed by atoms with Gasteiger partial charge in [-0.05, 0) is 75.2 Å².